The van der Waals surface area contributed by atoms with E-state index in [0.29, 0.717) is 17.9 Å². The highest BCUT2D eigenvalue weighted by atomic mass is 19.4. The summed E-state index contributed by atoms with van der Waals surface area (Å²) in [5.41, 5.74) is 2.07. The van der Waals surface area contributed by atoms with Crippen molar-refractivity contribution in [1.82, 2.24) is 15.3 Å². The van der Waals surface area contributed by atoms with Gasteiger partial charge in [0.2, 0.25) is 5.91 Å². The number of pyridine rings is 1. The molecule has 1 unspecified atom stereocenters. The van der Waals surface area contributed by atoms with Crippen LogP contribution in [0.3, 0.4) is 0 Å². The van der Waals surface area contributed by atoms with Crippen molar-refractivity contribution in [3.05, 3.63) is 95.4 Å². The zero-order chi connectivity index (χ0) is 23.4. The molecule has 1 atom stereocenters. The lowest BCUT2D eigenvalue weighted by Crippen LogP contribution is -2.25. The van der Waals surface area contributed by atoms with Gasteiger partial charge in [0.25, 0.3) is 0 Å². The van der Waals surface area contributed by atoms with Gasteiger partial charge in [-0.25, -0.2) is 0 Å². The molecule has 4 aromatic rings. The van der Waals surface area contributed by atoms with Crippen LogP contribution < -0.4 is 10.1 Å². The Morgan fingerprint density at radius 3 is 2.64 bits per heavy atom. The number of ether oxygens (including phenoxy) is 1. The molecule has 5 nitrogen and oxygen atoms in total. The maximum atomic E-state index is 13.4. The van der Waals surface area contributed by atoms with Crippen molar-refractivity contribution in [3.8, 4) is 5.75 Å². The monoisotopic (exact) mass is 453 g/mol. The molecule has 2 heterocycles. The Bertz CT molecular complexity index is 1250. The summed E-state index contributed by atoms with van der Waals surface area (Å²) in [6.07, 6.45) is 0.508. The van der Waals surface area contributed by atoms with Crippen molar-refractivity contribution in [3.63, 3.8) is 0 Å². The van der Waals surface area contributed by atoms with Gasteiger partial charge in [-0.05, 0) is 53.1 Å². The van der Waals surface area contributed by atoms with Gasteiger partial charge in [0.1, 0.15) is 5.75 Å². The van der Waals surface area contributed by atoms with E-state index in [1.807, 2.05) is 12.1 Å². The Morgan fingerprint density at radius 2 is 1.91 bits per heavy atom. The molecule has 0 saturated carbocycles. The number of aromatic nitrogens is 2. The first-order valence-corrected chi connectivity index (χ1v) is 10.3. The molecule has 2 aromatic heterocycles. The van der Waals surface area contributed by atoms with E-state index in [0.717, 1.165) is 34.2 Å². The zero-order valence-corrected chi connectivity index (χ0v) is 17.8. The molecular formula is C25H22F3N3O2. The van der Waals surface area contributed by atoms with Crippen molar-refractivity contribution in [1.29, 1.82) is 0 Å². The summed E-state index contributed by atoms with van der Waals surface area (Å²) in [7, 11) is 1.55. The standard InChI is InChI=1S/C25H22F3N3O2/c1-33-19-5-6-23-21(12-19)22(15-30-23)20(17-3-2-4-18(11-17)25(26,27)28)13-24(32)31-14-16-7-9-29-10-8-16/h2-12,15,20,30H,13-14H2,1H3,(H,31,32). The molecule has 0 saturated heterocycles. The van der Waals surface area contributed by atoms with E-state index in [2.05, 4.69) is 15.3 Å². The number of benzene rings is 2. The zero-order valence-electron chi connectivity index (χ0n) is 17.8. The van der Waals surface area contributed by atoms with E-state index in [1.165, 1.54) is 6.07 Å². The number of fused-ring (bicyclic) bond motifs is 1. The fraction of sp³-hybridized carbons (Fsp3) is 0.200. The SMILES string of the molecule is COc1ccc2[nH]cc(C(CC(=O)NCc3ccncc3)c3cccc(C(F)(F)F)c3)c2c1. The van der Waals surface area contributed by atoms with E-state index in [4.69, 9.17) is 4.74 Å². The minimum atomic E-state index is -4.48. The minimum absolute atomic E-state index is 0.0173. The van der Waals surface area contributed by atoms with E-state index in [-0.39, 0.29) is 12.3 Å². The Kier molecular flexibility index (Phi) is 6.35. The lowest BCUT2D eigenvalue weighted by atomic mass is 9.87. The first kappa shape index (κ1) is 22.4. The van der Waals surface area contributed by atoms with Crippen LogP contribution in [0, 0.1) is 0 Å². The third-order valence-corrected chi connectivity index (χ3v) is 5.54. The van der Waals surface area contributed by atoms with Crippen LogP contribution in [0.15, 0.2) is 73.2 Å². The molecule has 0 aliphatic rings. The predicted molar refractivity (Wildman–Crippen MR) is 119 cm³/mol. The van der Waals surface area contributed by atoms with Gasteiger partial charge in [-0.2, -0.15) is 13.2 Å². The summed E-state index contributed by atoms with van der Waals surface area (Å²) in [6.45, 7) is 0.304. The molecule has 0 radical (unpaired) electrons. The van der Waals surface area contributed by atoms with E-state index >= 15 is 0 Å². The minimum Gasteiger partial charge on any atom is -0.497 e. The van der Waals surface area contributed by atoms with E-state index in [1.54, 1.807) is 50.0 Å². The number of hydrogen-bond acceptors (Lipinski definition) is 3. The second-order valence-corrected chi connectivity index (χ2v) is 7.67. The second-order valence-electron chi connectivity index (χ2n) is 7.67. The van der Waals surface area contributed by atoms with Crippen molar-refractivity contribution in [2.24, 2.45) is 0 Å². The molecule has 8 heteroatoms. The maximum Gasteiger partial charge on any atom is 0.416 e. The molecular weight excluding hydrogens is 431 g/mol. The highest BCUT2D eigenvalue weighted by Crippen LogP contribution is 2.37. The second kappa shape index (κ2) is 9.36. The average Bonchev–Trinajstić information content (AvgIpc) is 3.24. The Labute approximate surface area is 188 Å². The van der Waals surface area contributed by atoms with Crippen LogP contribution >= 0.6 is 0 Å². The normalized spacial score (nSPS) is 12.5. The number of methoxy groups -OCH3 is 1. The van der Waals surface area contributed by atoms with Crippen LogP contribution in [0.1, 0.15) is 34.6 Å². The van der Waals surface area contributed by atoms with Crippen LogP contribution in [-0.2, 0) is 17.5 Å². The van der Waals surface area contributed by atoms with Gasteiger partial charge in [-0.3, -0.25) is 9.78 Å². The molecule has 170 valence electrons. The number of nitrogens with one attached hydrogen (secondary N) is 2. The fourth-order valence-electron chi connectivity index (χ4n) is 3.83. The van der Waals surface area contributed by atoms with Gasteiger partial charge in [-0.15, -0.1) is 0 Å². The number of hydrogen-bond donors (Lipinski definition) is 2. The summed E-state index contributed by atoms with van der Waals surface area (Å²) >= 11 is 0. The smallest absolute Gasteiger partial charge is 0.416 e. The van der Waals surface area contributed by atoms with Crippen molar-refractivity contribution in [2.45, 2.75) is 25.1 Å². The molecule has 2 N–H and O–H groups in total. The van der Waals surface area contributed by atoms with E-state index in [9.17, 15) is 18.0 Å². The summed E-state index contributed by atoms with van der Waals surface area (Å²) in [5.74, 6) is -0.245. The van der Waals surface area contributed by atoms with Gasteiger partial charge in [-0.1, -0.05) is 18.2 Å². The highest BCUT2D eigenvalue weighted by molar-refractivity contribution is 5.87. The number of H-pyrrole nitrogens is 1. The van der Waals surface area contributed by atoms with Gasteiger partial charge in [0, 0.05) is 48.4 Å². The number of alkyl halides is 3. The highest BCUT2D eigenvalue weighted by Gasteiger charge is 2.32. The van der Waals surface area contributed by atoms with E-state index < -0.39 is 17.7 Å². The summed E-state index contributed by atoms with van der Waals surface area (Å²) in [4.78, 5) is 19.9. The number of nitrogens with zero attached hydrogens (tertiary/aromatic N) is 1. The number of halogens is 3. The summed E-state index contributed by atoms with van der Waals surface area (Å²) in [6, 6.07) is 14.2. The first-order valence-electron chi connectivity index (χ1n) is 10.3. The lowest BCUT2D eigenvalue weighted by molar-refractivity contribution is -0.137. The number of rotatable bonds is 7. The maximum absolute atomic E-state index is 13.4. The van der Waals surface area contributed by atoms with Crippen LogP contribution in [0.25, 0.3) is 10.9 Å². The van der Waals surface area contributed by atoms with Crippen molar-refractivity contribution >= 4 is 16.8 Å². The van der Waals surface area contributed by atoms with Gasteiger partial charge < -0.3 is 15.0 Å². The molecule has 0 fully saturated rings. The van der Waals surface area contributed by atoms with Crippen molar-refractivity contribution < 1.29 is 22.7 Å². The van der Waals surface area contributed by atoms with Crippen LogP contribution in [0.4, 0.5) is 13.2 Å². The molecule has 4 rings (SSSR count). The number of aromatic amines is 1. The molecule has 0 aliphatic heterocycles. The van der Waals surface area contributed by atoms with Gasteiger partial charge in [0.05, 0.1) is 12.7 Å². The van der Waals surface area contributed by atoms with Gasteiger partial charge >= 0.3 is 6.18 Å². The van der Waals surface area contributed by atoms with Crippen LogP contribution in [-0.4, -0.2) is 23.0 Å². The lowest BCUT2D eigenvalue weighted by Gasteiger charge is -2.19. The summed E-state index contributed by atoms with van der Waals surface area (Å²) in [5, 5.41) is 3.64. The first-order chi connectivity index (χ1) is 15.8. The molecule has 0 aliphatic carbocycles. The fourth-order valence-corrected chi connectivity index (χ4v) is 3.83. The summed E-state index contributed by atoms with van der Waals surface area (Å²) < 4.78 is 45.5. The Morgan fingerprint density at radius 1 is 1.12 bits per heavy atom. The number of carbonyl (C=O) groups excluding carboxylic acids is 1. The van der Waals surface area contributed by atoms with Crippen molar-refractivity contribution in [2.75, 3.05) is 7.11 Å². The number of carbonyl (C=O) groups is 1. The third kappa shape index (κ3) is 5.16. The molecule has 0 spiro atoms. The molecule has 2 aromatic carbocycles. The average molecular weight is 453 g/mol. The largest absolute Gasteiger partial charge is 0.497 e. The predicted octanol–water partition coefficient (Wildman–Crippen LogP) is 5.43. The molecule has 0 bridgehead atoms. The Hall–Kier alpha value is -3.81. The molecule has 1 amide bonds. The number of amides is 1. The molecule has 33 heavy (non-hydrogen) atoms. The van der Waals surface area contributed by atoms with Crippen LogP contribution in [0.2, 0.25) is 0 Å². The van der Waals surface area contributed by atoms with Crippen LogP contribution in [0.5, 0.6) is 5.75 Å². The quantitative estimate of drug-likeness (QED) is 0.392. The Balaban J connectivity index is 1.69. The van der Waals surface area contributed by atoms with Gasteiger partial charge in [0.15, 0.2) is 0 Å². The topological polar surface area (TPSA) is 67.0 Å². The third-order valence-electron chi connectivity index (χ3n) is 5.54.